The summed E-state index contributed by atoms with van der Waals surface area (Å²) < 4.78 is 27.1. The molecule has 1 fully saturated rings. The zero-order valence-corrected chi connectivity index (χ0v) is 17.8. The van der Waals surface area contributed by atoms with Crippen molar-refractivity contribution in [2.24, 2.45) is 11.7 Å². The zero-order valence-electron chi connectivity index (χ0n) is 16.2. The van der Waals surface area contributed by atoms with Gasteiger partial charge in [-0.3, -0.25) is 4.79 Å². The van der Waals surface area contributed by atoms with Gasteiger partial charge in [0.2, 0.25) is 15.9 Å². The fourth-order valence-electron chi connectivity index (χ4n) is 3.16. The first-order chi connectivity index (χ1) is 12.4. The lowest BCUT2D eigenvalue weighted by molar-refractivity contribution is -0.126. The summed E-state index contributed by atoms with van der Waals surface area (Å²) in [5.41, 5.74) is 6.56. The second kappa shape index (κ2) is 11.0. The Kier molecular flexibility index (Phi) is 9.73. The Labute approximate surface area is 169 Å². The highest BCUT2D eigenvalue weighted by Crippen LogP contribution is 2.25. The highest BCUT2D eigenvalue weighted by molar-refractivity contribution is 7.89. The van der Waals surface area contributed by atoms with Crippen molar-refractivity contribution < 1.29 is 13.2 Å². The molecule has 0 bridgehead atoms. The van der Waals surface area contributed by atoms with Gasteiger partial charge in [-0.05, 0) is 55.8 Å². The van der Waals surface area contributed by atoms with E-state index in [1.165, 1.54) is 4.31 Å². The monoisotopic (exact) mass is 417 g/mol. The van der Waals surface area contributed by atoms with Crippen LogP contribution in [0.5, 0.6) is 0 Å². The van der Waals surface area contributed by atoms with Crippen LogP contribution in [0.4, 0.5) is 0 Å². The van der Waals surface area contributed by atoms with Gasteiger partial charge in [-0.15, -0.1) is 12.4 Å². The van der Waals surface area contributed by atoms with Crippen LogP contribution in [-0.4, -0.2) is 44.8 Å². The fraction of sp³-hybridized carbons (Fsp3) is 0.632. The van der Waals surface area contributed by atoms with Crippen molar-refractivity contribution in [2.75, 3.05) is 26.2 Å². The number of sulfonamides is 1. The summed E-state index contributed by atoms with van der Waals surface area (Å²) in [5, 5.41) is 2.93. The van der Waals surface area contributed by atoms with Crippen molar-refractivity contribution in [3.05, 3.63) is 29.8 Å². The van der Waals surface area contributed by atoms with Crippen molar-refractivity contribution >= 4 is 28.3 Å². The van der Waals surface area contributed by atoms with Crippen LogP contribution >= 0.6 is 12.4 Å². The van der Waals surface area contributed by atoms with E-state index in [2.05, 4.69) is 19.2 Å². The number of carbonyl (C=O) groups excluding carboxylic acids is 1. The molecule has 1 aromatic rings. The Balaban J connectivity index is 0.00000364. The van der Waals surface area contributed by atoms with Crippen LogP contribution in [0, 0.1) is 5.92 Å². The van der Waals surface area contributed by atoms with E-state index in [4.69, 9.17) is 5.73 Å². The molecule has 0 aliphatic carbocycles. The molecule has 1 saturated heterocycles. The standard InChI is InChI=1S/C19H31N3O3S.ClH/c1-15(2)16-5-7-18(8-6-16)26(24,25)22-13-9-17(10-14-22)19(23)21-12-4-3-11-20;/h5-8,15,17H,3-4,9-14,20H2,1-2H3,(H,21,23);1H. The Morgan fingerprint density at radius 2 is 1.78 bits per heavy atom. The van der Waals surface area contributed by atoms with Gasteiger partial charge in [-0.1, -0.05) is 26.0 Å². The number of carbonyl (C=O) groups is 1. The molecule has 0 aromatic heterocycles. The Hall–Kier alpha value is -1.15. The van der Waals surface area contributed by atoms with Crippen LogP contribution in [0.15, 0.2) is 29.2 Å². The summed E-state index contributed by atoms with van der Waals surface area (Å²) in [6.45, 7) is 6.19. The van der Waals surface area contributed by atoms with E-state index < -0.39 is 10.0 Å². The predicted molar refractivity (Wildman–Crippen MR) is 111 cm³/mol. The molecule has 27 heavy (non-hydrogen) atoms. The number of hydrogen-bond acceptors (Lipinski definition) is 4. The number of nitrogens with one attached hydrogen (secondary N) is 1. The average molecular weight is 418 g/mol. The zero-order chi connectivity index (χ0) is 19.2. The van der Waals surface area contributed by atoms with Crippen molar-refractivity contribution in [1.29, 1.82) is 0 Å². The lowest BCUT2D eigenvalue weighted by Gasteiger charge is -2.30. The molecule has 1 heterocycles. The van der Waals surface area contributed by atoms with Crippen LogP contribution in [0.2, 0.25) is 0 Å². The van der Waals surface area contributed by atoms with Crippen LogP contribution in [0.1, 0.15) is 51.0 Å². The van der Waals surface area contributed by atoms with E-state index in [1.807, 2.05) is 12.1 Å². The maximum atomic E-state index is 12.8. The van der Waals surface area contributed by atoms with Crippen LogP contribution < -0.4 is 11.1 Å². The number of nitrogens with zero attached hydrogens (tertiary/aromatic N) is 1. The first-order valence-electron chi connectivity index (χ1n) is 9.44. The van der Waals surface area contributed by atoms with Gasteiger partial charge in [0, 0.05) is 25.6 Å². The first kappa shape index (κ1) is 23.9. The molecule has 6 nitrogen and oxygen atoms in total. The minimum absolute atomic E-state index is 0. The van der Waals surface area contributed by atoms with Crippen LogP contribution in [0.3, 0.4) is 0 Å². The second-order valence-corrected chi connectivity index (χ2v) is 9.13. The quantitative estimate of drug-likeness (QED) is 0.635. The van der Waals surface area contributed by atoms with E-state index in [9.17, 15) is 13.2 Å². The smallest absolute Gasteiger partial charge is 0.243 e. The van der Waals surface area contributed by atoms with Gasteiger partial charge >= 0.3 is 0 Å². The molecule has 1 amide bonds. The van der Waals surface area contributed by atoms with E-state index in [0.717, 1.165) is 18.4 Å². The molecule has 8 heteroatoms. The van der Waals surface area contributed by atoms with E-state index in [-0.39, 0.29) is 24.2 Å². The maximum Gasteiger partial charge on any atom is 0.243 e. The predicted octanol–water partition coefficient (Wildman–Crippen LogP) is 2.49. The summed E-state index contributed by atoms with van der Waals surface area (Å²) in [6.07, 6.45) is 2.90. The molecule has 0 atom stereocenters. The molecule has 2 rings (SSSR count). The van der Waals surface area contributed by atoms with Crippen molar-refractivity contribution in [1.82, 2.24) is 9.62 Å². The van der Waals surface area contributed by atoms with E-state index in [0.29, 0.717) is 49.8 Å². The number of hydrogen-bond donors (Lipinski definition) is 2. The van der Waals surface area contributed by atoms with E-state index in [1.54, 1.807) is 12.1 Å². The fourth-order valence-corrected chi connectivity index (χ4v) is 4.63. The molecule has 0 spiro atoms. The van der Waals surface area contributed by atoms with Crippen LogP contribution in [-0.2, 0) is 14.8 Å². The molecule has 1 aromatic carbocycles. The topological polar surface area (TPSA) is 92.5 Å². The number of piperidine rings is 1. The summed E-state index contributed by atoms with van der Waals surface area (Å²) in [5.74, 6) is 0.286. The molecule has 154 valence electrons. The number of unbranched alkanes of at least 4 members (excludes halogenated alkanes) is 1. The Bertz CT molecular complexity index is 685. The van der Waals surface area contributed by atoms with Gasteiger partial charge in [-0.25, -0.2) is 8.42 Å². The highest BCUT2D eigenvalue weighted by Gasteiger charge is 2.31. The molecule has 1 aliphatic heterocycles. The third kappa shape index (κ3) is 6.45. The second-order valence-electron chi connectivity index (χ2n) is 7.19. The molecule has 0 saturated carbocycles. The van der Waals surface area contributed by atoms with Crippen molar-refractivity contribution in [3.8, 4) is 0 Å². The highest BCUT2D eigenvalue weighted by atomic mass is 35.5. The normalized spacial score (nSPS) is 16.1. The van der Waals surface area contributed by atoms with Crippen molar-refractivity contribution in [3.63, 3.8) is 0 Å². The summed E-state index contributed by atoms with van der Waals surface area (Å²) in [4.78, 5) is 12.5. The minimum atomic E-state index is -3.49. The molecule has 0 unspecified atom stereocenters. The van der Waals surface area contributed by atoms with Gasteiger partial charge in [0.25, 0.3) is 0 Å². The average Bonchev–Trinajstić information content (AvgIpc) is 2.65. The lowest BCUT2D eigenvalue weighted by atomic mass is 9.97. The number of nitrogens with two attached hydrogens (primary N) is 1. The van der Waals surface area contributed by atoms with Gasteiger partial charge < -0.3 is 11.1 Å². The SMILES string of the molecule is CC(C)c1ccc(S(=O)(=O)N2CCC(C(=O)NCCCCN)CC2)cc1.Cl. The minimum Gasteiger partial charge on any atom is -0.356 e. The summed E-state index contributed by atoms with van der Waals surface area (Å²) in [7, 11) is -3.49. The molecular formula is C19H32ClN3O3S. The number of rotatable bonds is 8. The largest absolute Gasteiger partial charge is 0.356 e. The number of halogens is 1. The van der Waals surface area contributed by atoms with Crippen LogP contribution in [0.25, 0.3) is 0 Å². The lowest BCUT2D eigenvalue weighted by Crippen LogP contribution is -2.43. The number of benzene rings is 1. The van der Waals surface area contributed by atoms with Gasteiger partial charge in [-0.2, -0.15) is 4.31 Å². The van der Waals surface area contributed by atoms with Crippen molar-refractivity contribution in [2.45, 2.75) is 50.3 Å². The number of amides is 1. The van der Waals surface area contributed by atoms with E-state index >= 15 is 0 Å². The van der Waals surface area contributed by atoms with Gasteiger partial charge in [0.15, 0.2) is 0 Å². The third-order valence-electron chi connectivity index (χ3n) is 4.94. The van der Waals surface area contributed by atoms with Gasteiger partial charge in [0.1, 0.15) is 0 Å². The third-order valence-corrected chi connectivity index (χ3v) is 6.85. The summed E-state index contributed by atoms with van der Waals surface area (Å²) >= 11 is 0. The Morgan fingerprint density at radius 3 is 2.30 bits per heavy atom. The molecule has 1 aliphatic rings. The summed E-state index contributed by atoms with van der Waals surface area (Å²) in [6, 6.07) is 7.11. The first-order valence-corrected chi connectivity index (χ1v) is 10.9. The Morgan fingerprint density at radius 1 is 1.19 bits per heavy atom. The maximum absolute atomic E-state index is 12.8. The molecule has 0 radical (unpaired) electrons. The van der Waals surface area contributed by atoms with Gasteiger partial charge in [0.05, 0.1) is 4.90 Å². The molecular weight excluding hydrogens is 386 g/mol. The molecule has 3 N–H and O–H groups in total.